The van der Waals surface area contributed by atoms with Crippen LogP contribution in [0.1, 0.15) is 13.3 Å². The zero-order valence-electron chi connectivity index (χ0n) is 7.74. The van der Waals surface area contributed by atoms with Gasteiger partial charge in [0.05, 0.1) is 0 Å². The van der Waals surface area contributed by atoms with Crippen molar-refractivity contribution in [1.82, 2.24) is 0 Å². The van der Waals surface area contributed by atoms with Crippen molar-refractivity contribution in [1.29, 1.82) is 0 Å². The minimum atomic E-state index is -0.889. The third-order valence-electron chi connectivity index (χ3n) is 1.35. The fourth-order valence-corrected chi connectivity index (χ4v) is 0.800. The third kappa shape index (κ3) is 5.17. The zero-order valence-corrected chi connectivity index (χ0v) is 7.74. The second kappa shape index (κ2) is 5.51. The first-order valence-electron chi connectivity index (χ1n) is 3.71. The molecule has 0 rings (SSSR count). The summed E-state index contributed by atoms with van der Waals surface area (Å²) in [6.07, 6.45) is 1.52. The van der Waals surface area contributed by atoms with E-state index >= 15 is 0 Å². The molecule has 0 aliphatic heterocycles. The van der Waals surface area contributed by atoms with Crippen molar-refractivity contribution in [3.8, 4) is 0 Å². The maximum absolute atomic E-state index is 10.3. The molecule has 0 heterocycles. The second-order valence-corrected chi connectivity index (χ2v) is 2.63. The van der Waals surface area contributed by atoms with Gasteiger partial charge in [-0.1, -0.05) is 0 Å². The van der Waals surface area contributed by atoms with Crippen molar-refractivity contribution in [2.75, 3.05) is 7.05 Å². The molecule has 1 N–H and O–H groups in total. The van der Waals surface area contributed by atoms with Gasteiger partial charge in [-0.3, -0.25) is 0 Å². The Bertz CT molecular complexity index is 282. The van der Waals surface area contributed by atoms with Gasteiger partial charge in [-0.05, 0) is 0 Å². The summed E-state index contributed by atoms with van der Waals surface area (Å²) in [5.41, 5.74) is 1.07. The van der Waals surface area contributed by atoms with Crippen molar-refractivity contribution in [2.45, 2.75) is 13.3 Å². The van der Waals surface area contributed by atoms with E-state index in [9.17, 15) is 4.79 Å². The Morgan fingerprint density at radius 3 is 2.46 bits per heavy atom. The van der Waals surface area contributed by atoms with E-state index in [1.165, 1.54) is 0 Å². The van der Waals surface area contributed by atoms with Crippen LogP contribution >= 0.6 is 0 Å². The molecule has 3 radical (unpaired) electrons. The summed E-state index contributed by atoms with van der Waals surface area (Å²) in [6.45, 7) is 1.68. The average Bonchev–Trinajstić information content (AvgIpc) is 1.98. The van der Waals surface area contributed by atoms with Crippen LogP contribution in [0.25, 0.3) is 0 Å². The number of nitrogens with zero attached hydrogens (tertiary/aromatic N) is 1. The van der Waals surface area contributed by atoms with Crippen molar-refractivity contribution in [2.24, 2.45) is 4.99 Å². The molecule has 0 saturated carbocycles. The van der Waals surface area contributed by atoms with E-state index in [0.29, 0.717) is 11.3 Å². The van der Waals surface area contributed by atoms with Gasteiger partial charge in [0.15, 0.2) is 0 Å². The number of hydrogen-bond acceptors (Lipinski definition) is 2. The molecule has 0 aliphatic rings. The van der Waals surface area contributed by atoms with Crippen LogP contribution in [0, 0.1) is 0 Å². The first-order valence-corrected chi connectivity index (χ1v) is 3.71. The molecule has 0 bridgehead atoms. The van der Waals surface area contributed by atoms with E-state index in [1.807, 2.05) is 0 Å². The molecule has 0 aromatic rings. The molecule has 0 unspecified atom stereocenters. The van der Waals surface area contributed by atoms with Crippen molar-refractivity contribution in [3.05, 3.63) is 11.6 Å². The van der Waals surface area contributed by atoms with Crippen LogP contribution < -0.4 is 0 Å². The predicted octanol–water partition coefficient (Wildman–Crippen LogP) is -0.0549. The average molecular weight is 174 g/mol. The number of aliphatic carboxylic acids is 1. The number of carboxylic acid groups (broad SMARTS) is 1. The van der Waals surface area contributed by atoms with Crippen LogP contribution in [-0.2, 0) is 4.79 Å². The summed E-state index contributed by atoms with van der Waals surface area (Å²) in [7, 11) is 12.1. The summed E-state index contributed by atoms with van der Waals surface area (Å²) in [6, 6.07) is 0. The molecule has 13 heavy (non-hydrogen) atoms. The number of carbonyl (C=O) groups is 1. The normalized spacial score (nSPS) is 12.7. The molecule has 0 spiro atoms. The molecular formula is C8H10B2NO2. The van der Waals surface area contributed by atoms with Gasteiger partial charge in [-0.15, -0.1) is 0 Å². The Morgan fingerprint density at radius 1 is 1.62 bits per heavy atom. The SMILES string of the molecule is [B]C(=[B])C(/C=C(\C)CC(=O)O)=NC. The number of carboxylic acids is 1. The molecule has 0 aliphatic carbocycles. The van der Waals surface area contributed by atoms with Crippen LogP contribution in [0.4, 0.5) is 0 Å². The van der Waals surface area contributed by atoms with E-state index < -0.39 is 5.97 Å². The molecule has 3 nitrogen and oxygen atoms in total. The predicted molar refractivity (Wildman–Crippen MR) is 55.9 cm³/mol. The number of rotatable bonds is 4. The molecule has 0 fully saturated rings. The fourth-order valence-electron chi connectivity index (χ4n) is 0.800. The summed E-state index contributed by atoms with van der Waals surface area (Å²) in [4.78, 5) is 14.1. The van der Waals surface area contributed by atoms with E-state index in [1.54, 1.807) is 20.0 Å². The number of aliphatic imine (C=N–C) groups is 1. The van der Waals surface area contributed by atoms with Crippen LogP contribution in [0.15, 0.2) is 16.6 Å². The van der Waals surface area contributed by atoms with Crippen molar-refractivity contribution in [3.63, 3.8) is 0 Å². The zero-order chi connectivity index (χ0) is 10.4. The number of hydrogen-bond donors (Lipinski definition) is 1. The van der Waals surface area contributed by atoms with E-state index in [-0.39, 0.29) is 11.8 Å². The van der Waals surface area contributed by atoms with Crippen molar-refractivity contribution >= 4 is 32.4 Å². The van der Waals surface area contributed by atoms with Gasteiger partial charge in [-0.25, -0.2) is 0 Å². The Balaban J connectivity index is 4.53. The van der Waals surface area contributed by atoms with E-state index in [0.717, 1.165) is 0 Å². The maximum atomic E-state index is 10.3. The molecule has 65 valence electrons. The Hall–Kier alpha value is -1.12. The van der Waals surface area contributed by atoms with Crippen LogP contribution in [0.5, 0.6) is 0 Å². The van der Waals surface area contributed by atoms with Crippen molar-refractivity contribution < 1.29 is 9.90 Å². The minimum absolute atomic E-state index is 0.0354. The van der Waals surface area contributed by atoms with Gasteiger partial charge in [0.1, 0.15) is 0 Å². The molecule has 0 aromatic heterocycles. The summed E-state index contributed by atoms with van der Waals surface area (Å²) >= 11 is 0. The van der Waals surface area contributed by atoms with Gasteiger partial charge in [0.25, 0.3) is 0 Å². The quantitative estimate of drug-likeness (QED) is 0.479. The molecule has 5 heteroatoms. The summed E-state index contributed by atoms with van der Waals surface area (Å²) < 4.78 is 0. The first kappa shape index (κ1) is 11.9. The Morgan fingerprint density at radius 2 is 2.15 bits per heavy atom. The van der Waals surface area contributed by atoms with E-state index in [4.69, 9.17) is 20.4 Å². The van der Waals surface area contributed by atoms with Gasteiger partial charge in [-0.2, -0.15) is 0 Å². The molecule has 0 saturated heterocycles. The topological polar surface area (TPSA) is 49.7 Å². The molecule has 0 atom stereocenters. The van der Waals surface area contributed by atoms with Crippen LogP contribution in [-0.4, -0.2) is 44.5 Å². The molecule has 0 amide bonds. The number of allylic oxidation sites excluding steroid dienone is 1. The van der Waals surface area contributed by atoms with E-state index in [2.05, 4.69) is 4.99 Å². The fraction of sp³-hybridized carbons (Fsp3) is 0.375. The van der Waals surface area contributed by atoms with Gasteiger partial charge in [0.2, 0.25) is 0 Å². The van der Waals surface area contributed by atoms with Crippen LogP contribution in [0.2, 0.25) is 0 Å². The third-order valence-corrected chi connectivity index (χ3v) is 1.35. The molecule has 0 aromatic carbocycles. The standard InChI is InChI=1S/C8H10B2NO2/c1-5(4-7(12)13)3-6(11-2)8(9)10/h3H,4H2,1-2H3,(H,12,13)/b5-3+,11-6?. The van der Waals surface area contributed by atoms with Gasteiger partial charge < -0.3 is 0 Å². The van der Waals surface area contributed by atoms with Gasteiger partial charge in [0, 0.05) is 0 Å². The summed E-state index contributed by atoms with van der Waals surface area (Å²) in [5.74, 6) is -0.889. The van der Waals surface area contributed by atoms with Crippen LogP contribution in [0.3, 0.4) is 0 Å². The Kier molecular flexibility index (Phi) is 5.04. The monoisotopic (exact) mass is 174 g/mol. The molecular weight excluding hydrogens is 164 g/mol. The first-order chi connectivity index (χ1) is 5.97. The Labute approximate surface area is 80.0 Å². The van der Waals surface area contributed by atoms with Gasteiger partial charge >= 0.3 is 79.3 Å². The summed E-state index contributed by atoms with van der Waals surface area (Å²) in [5, 5.41) is 8.55. The second-order valence-electron chi connectivity index (χ2n) is 2.63.